The maximum absolute atomic E-state index is 12.3. The number of Topliss-reactive ketones (excluding diaryl/α,β-unsaturated/α-hetero) is 2. The molecule has 9 heteroatoms. The van der Waals surface area contributed by atoms with Crippen molar-refractivity contribution in [2.45, 2.75) is 38.3 Å². The zero-order valence-electron chi connectivity index (χ0n) is 16.2. The van der Waals surface area contributed by atoms with Crippen LogP contribution < -0.4 is 27.4 Å². The Morgan fingerprint density at radius 3 is 2.39 bits per heavy atom. The van der Waals surface area contributed by atoms with Gasteiger partial charge in [-0.25, -0.2) is 0 Å². The molecule has 9 nitrogen and oxygen atoms in total. The predicted octanol–water partition coefficient (Wildman–Crippen LogP) is -0.948. The molecule has 1 aromatic carbocycles. The first kappa shape index (κ1) is 23.3. The largest absolute Gasteiger partial charge is 0.370 e. The topological polar surface area (TPSA) is 163 Å². The van der Waals surface area contributed by atoms with Gasteiger partial charge in [-0.2, -0.15) is 0 Å². The Labute approximate surface area is 165 Å². The summed E-state index contributed by atoms with van der Waals surface area (Å²) in [6.07, 6.45) is 1.38. The van der Waals surface area contributed by atoms with Crippen molar-refractivity contribution >= 4 is 23.4 Å². The van der Waals surface area contributed by atoms with E-state index in [-0.39, 0.29) is 36.5 Å². The van der Waals surface area contributed by atoms with Gasteiger partial charge in [-0.3, -0.25) is 25.1 Å². The van der Waals surface area contributed by atoms with Gasteiger partial charge < -0.3 is 22.1 Å². The first-order valence-electron chi connectivity index (χ1n) is 9.20. The summed E-state index contributed by atoms with van der Waals surface area (Å²) < 4.78 is 0. The lowest BCUT2D eigenvalue weighted by Crippen LogP contribution is -2.49. The summed E-state index contributed by atoms with van der Waals surface area (Å²) in [7, 11) is 0. The van der Waals surface area contributed by atoms with E-state index >= 15 is 0 Å². The van der Waals surface area contributed by atoms with Gasteiger partial charge in [0, 0.05) is 6.54 Å². The van der Waals surface area contributed by atoms with Crippen molar-refractivity contribution in [2.75, 3.05) is 19.6 Å². The zero-order valence-corrected chi connectivity index (χ0v) is 16.2. The summed E-state index contributed by atoms with van der Waals surface area (Å²) in [5.41, 5.74) is 12.2. The molecule has 0 heterocycles. The van der Waals surface area contributed by atoms with E-state index in [1.165, 1.54) is 6.92 Å². The first-order chi connectivity index (χ1) is 13.3. The number of benzene rings is 1. The third-order valence-corrected chi connectivity index (χ3v) is 4.05. The van der Waals surface area contributed by atoms with Crippen LogP contribution in [-0.4, -0.2) is 55.2 Å². The molecule has 1 amide bonds. The number of amides is 1. The fourth-order valence-electron chi connectivity index (χ4n) is 2.53. The highest BCUT2D eigenvalue weighted by Gasteiger charge is 2.21. The fourth-order valence-corrected chi connectivity index (χ4v) is 2.53. The summed E-state index contributed by atoms with van der Waals surface area (Å²) in [5, 5.41) is 15.3. The van der Waals surface area contributed by atoms with Crippen LogP contribution in [0.2, 0.25) is 0 Å². The van der Waals surface area contributed by atoms with Crippen LogP contribution in [0.3, 0.4) is 0 Å². The third kappa shape index (κ3) is 9.79. The van der Waals surface area contributed by atoms with E-state index in [0.29, 0.717) is 25.8 Å². The second-order valence-electron chi connectivity index (χ2n) is 6.60. The minimum absolute atomic E-state index is 0.0493. The highest BCUT2D eigenvalue weighted by molar-refractivity contribution is 5.89. The second kappa shape index (κ2) is 12.6. The van der Waals surface area contributed by atoms with E-state index in [1.807, 2.05) is 30.3 Å². The quantitative estimate of drug-likeness (QED) is 0.144. The Hall–Kier alpha value is -2.78. The van der Waals surface area contributed by atoms with Gasteiger partial charge in [0.25, 0.3) is 0 Å². The van der Waals surface area contributed by atoms with Crippen molar-refractivity contribution in [3.05, 3.63) is 35.9 Å². The van der Waals surface area contributed by atoms with Crippen molar-refractivity contribution in [1.29, 1.82) is 5.41 Å². The van der Waals surface area contributed by atoms with Crippen LogP contribution in [0.4, 0.5) is 0 Å². The van der Waals surface area contributed by atoms with E-state index in [9.17, 15) is 14.4 Å². The molecular weight excluding hydrogens is 360 g/mol. The van der Waals surface area contributed by atoms with Crippen LogP contribution >= 0.6 is 0 Å². The van der Waals surface area contributed by atoms with Gasteiger partial charge in [0.1, 0.15) is 5.78 Å². The third-order valence-electron chi connectivity index (χ3n) is 4.05. The Morgan fingerprint density at radius 1 is 1.11 bits per heavy atom. The smallest absolute Gasteiger partial charge is 0.237 e. The maximum Gasteiger partial charge on any atom is 0.237 e. The van der Waals surface area contributed by atoms with Gasteiger partial charge in [-0.1, -0.05) is 30.3 Å². The zero-order chi connectivity index (χ0) is 20.9. The van der Waals surface area contributed by atoms with E-state index in [0.717, 1.165) is 5.56 Å². The molecule has 0 fully saturated rings. The van der Waals surface area contributed by atoms with Crippen LogP contribution in [0.1, 0.15) is 25.3 Å². The number of hydrogen-bond acceptors (Lipinski definition) is 6. The average molecular weight is 390 g/mol. The minimum Gasteiger partial charge on any atom is -0.370 e. The molecule has 0 spiro atoms. The molecule has 0 bridgehead atoms. The molecular formula is C19H30N6O3. The van der Waals surface area contributed by atoms with Gasteiger partial charge in [-0.15, -0.1) is 0 Å². The molecule has 2 unspecified atom stereocenters. The van der Waals surface area contributed by atoms with Gasteiger partial charge >= 0.3 is 0 Å². The van der Waals surface area contributed by atoms with Crippen LogP contribution in [0, 0.1) is 5.41 Å². The molecule has 0 saturated carbocycles. The number of carbonyl (C=O) groups is 3. The van der Waals surface area contributed by atoms with Gasteiger partial charge in [0.15, 0.2) is 11.7 Å². The normalized spacial score (nSPS) is 12.6. The number of rotatable bonds is 13. The standard InChI is InChI=1S/C19H30N6O3/c1-13(26)11-25-18(28)16(8-5-9-23-19(21)22)24-12-17(27)15(20)10-14-6-3-2-4-7-14/h2-4,6-7,15-16,24H,5,8-12,20H2,1H3,(H,25,28)(H4,21,22,23). The van der Waals surface area contributed by atoms with Crippen LogP contribution in [0.5, 0.6) is 0 Å². The summed E-state index contributed by atoms with van der Waals surface area (Å²) >= 11 is 0. The van der Waals surface area contributed by atoms with Crippen molar-refractivity contribution in [1.82, 2.24) is 16.0 Å². The van der Waals surface area contributed by atoms with Crippen molar-refractivity contribution < 1.29 is 14.4 Å². The molecule has 0 aliphatic carbocycles. The number of nitrogens with two attached hydrogens (primary N) is 2. The summed E-state index contributed by atoms with van der Waals surface area (Å²) in [6, 6.07) is 8.14. The molecule has 0 radical (unpaired) electrons. The maximum atomic E-state index is 12.3. The van der Waals surface area contributed by atoms with Gasteiger partial charge in [0.2, 0.25) is 5.91 Å². The molecule has 154 valence electrons. The lowest BCUT2D eigenvalue weighted by Gasteiger charge is -2.19. The highest BCUT2D eigenvalue weighted by Crippen LogP contribution is 2.03. The predicted molar refractivity (Wildman–Crippen MR) is 108 cm³/mol. The monoisotopic (exact) mass is 390 g/mol. The van der Waals surface area contributed by atoms with Crippen molar-refractivity contribution in [3.63, 3.8) is 0 Å². The summed E-state index contributed by atoms with van der Waals surface area (Å²) in [5.74, 6) is -0.864. The van der Waals surface area contributed by atoms with Crippen LogP contribution in [0.25, 0.3) is 0 Å². The molecule has 2 atom stereocenters. The molecule has 0 aliphatic rings. The SMILES string of the molecule is CC(=O)CNC(=O)C(CCCNC(=N)N)NCC(=O)C(N)Cc1ccccc1. The Bertz CT molecular complexity index is 665. The molecule has 1 aromatic rings. The number of carbonyl (C=O) groups excluding carboxylic acids is 3. The van der Waals surface area contributed by atoms with Crippen molar-refractivity contribution in [2.24, 2.45) is 11.5 Å². The van der Waals surface area contributed by atoms with E-state index in [2.05, 4.69) is 16.0 Å². The highest BCUT2D eigenvalue weighted by atomic mass is 16.2. The lowest BCUT2D eigenvalue weighted by atomic mass is 10.0. The Balaban J connectivity index is 2.54. The molecule has 0 aromatic heterocycles. The molecule has 1 rings (SSSR count). The number of nitrogens with one attached hydrogen (secondary N) is 4. The number of guanidine groups is 1. The van der Waals surface area contributed by atoms with E-state index < -0.39 is 12.1 Å². The lowest BCUT2D eigenvalue weighted by molar-refractivity contribution is -0.126. The first-order valence-corrected chi connectivity index (χ1v) is 9.20. The Kier molecular flexibility index (Phi) is 10.4. The summed E-state index contributed by atoms with van der Waals surface area (Å²) in [4.78, 5) is 35.7. The van der Waals surface area contributed by atoms with Crippen molar-refractivity contribution in [3.8, 4) is 0 Å². The molecule has 0 aliphatic heterocycles. The molecule has 28 heavy (non-hydrogen) atoms. The summed E-state index contributed by atoms with van der Waals surface area (Å²) in [6.45, 7) is 1.69. The van der Waals surface area contributed by atoms with Gasteiger partial charge in [-0.05, 0) is 31.7 Å². The Morgan fingerprint density at radius 2 is 1.79 bits per heavy atom. The molecule has 8 N–H and O–H groups in total. The van der Waals surface area contributed by atoms with E-state index in [4.69, 9.17) is 16.9 Å². The van der Waals surface area contributed by atoms with E-state index in [1.54, 1.807) is 0 Å². The van der Waals surface area contributed by atoms with Crippen LogP contribution in [-0.2, 0) is 20.8 Å². The minimum atomic E-state index is -0.671. The second-order valence-corrected chi connectivity index (χ2v) is 6.60. The average Bonchev–Trinajstić information content (AvgIpc) is 2.65. The molecule has 0 saturated heterocycles. The van der Waals surface area contributed by atoms with Gasteiger partial charge in [0.05, 0.1) is 25.2 Å². The fraction of sp³-hybridized carbons (Fsp3) is 0.474. The van der Waals surface area contributed by atoms with Crippen LogP contribution in [0.15, 0.2) is 30.3 Å². The number of hydrogen-bond donors (Lipinski definition) is 6. The number of ketones is 2.